The van der Waals surface area contributed by atoms with Crippen molar-refractivity contribution >= 4 is 23.3 Å². The Morgan fingerprint density at radius 3 is 2.22 bits per heavy atom. The molecular formula is C10H8N2O6. The average molecular weight is 252 g/mol. The van der Waals surface area contributed by atoms with Gasteiger partial charge in [-0.3, -0.25) is 10.1 Å². The normalized spacial score (nSPS) is 9.56. The summed E-state index contributed by atoms with van der Waals surface area (Å²) in [6, 6.07) is 4.75. The number of carboxylic acids is 2. The molecule has 0 atom stereocenters. The summed E-state index contributed by atoms with van der Waals surface area (Å²) in [6.45, 7) is 0. The molecule has 0 heterocycles. The van der Waals surface area contributed by atoms with Crippen molar-refractivity contribution in [2.45, 2.75) is 0 Å². The zero-order chi connectivity index (χ0) is 13.9. The van der Waals surface area contributed by atoms with E-state index in [1.807, 2.05) is 0 Å². The third-order valence-electron chi connectivity index (χ3n) is 2.07. The smallest absolute Gasteiger partial charge is 0.345 e. The molecule has 0 spiro atoms. The number of carbonyl (C=O) groups is 2. The SMILES string of the molecule is NC(=C(C(=O)O)C(=O)O)c1cccc([N+](=O)[O-])c1. The van der Waals surface area contributed by atoms with Crippen molar-refractivity contribution in [3.63, 3.8) is 0 Å². The summed E-state index contributed by atoms with van der Waals surface area (Å²) in [4.78, 5) is 31.3. The van der Waals surface area contributed by atoms with Gasteiger partial charge in [0.15, 0.2) is 5.57 Å². The maximum atomic E-state index is 10.7. The number of nitro benzene ring substituents is 1. The number of nitrogens with zero attached hydrogens (tertiary/aromatic N) is 1. The molecule has 18 heavy (non-hydrogen) atoms. The highest BCUT2D eigenvalue weighted by Gasteiger charge is 2.22. The highest BCUT2D eigenvalue weighted by molar-refractivity contribution is 6.18. The number of hydrogen-bond acceptors (Lipinski definition) is 5. The minimum atomic E-state index is -1.72. The fourth-order valence-corrected chi connectivity index (χ4v) is 1.25. The molecule has 1 aromatic rings. The van der Waals surface area contributed by atoms with Gasteiger partial charge in [0.05, 0.1) is 10.6 Å². The molecule has 0 amide bonds. The first kappa shape index (κ1) is 13.2. The van der Waals surface area contributed by atoms with Gasteiger partial charge in [0.1, 0.15) is 0 Å². The summed E-state index contributed by atoms with van der Waals surface area (Å²) in [7, 11) is 0. The number of nitro groups is 1. The van der Waals surface area contributed by atoms with Gasteiger partial charge in [0, 0.05) is 17.7 Å². The molecule has 0 unspecified atom stereocenters. The number of benzene rings is 1. The van der Waals surface area contributed by atoms with Crippen LogP contribution in [0.5, 0.6) is 0 Å². The fourth-order valence-electron chi connectivity index (χ4n) is 1.25. The second-order valence-corrected chi connectivity index (χ2v) is 3.21. The van der Waals surface area contributed by atoms with Crippen LogP contribution in [0.25, 0.3) is 5.70 Å². The molecule has 1 aromatic carbocycles. The van der Waals surface area contributed by atoms with Crippen LogP contribution >= 0.6 is 0 Å². The van der Waals surface area contributed by atoms with Crippen LogP contribution in [-0.4, -0.2) is 27.1 Å². The lowest BCUT2D eigenvalue weighted by molar-refractivity contribution is -0.384. The van der Waals surface area contributed by atoms with Crippen LogP contribution in [-0.2, 0) is 9.59 Å². The molecule has 0 saturated carbocycles. The Labute approximate surface area is 100 Å². The first-order valence-electron chi connectivity index (χ1n) is 4.55. The van der Waals surface area contributed by atoms with E-state index in [2.05, 4.69) is 0 Å². The molecule has 0 aromatic heterocycles. The molecule has 0 aliphatic carbocycles. The highest BCUT2D eigenvalue weighted by atomic mass is 16.6. The van der Waals surface area contributed by atoms with Gasteiger partial charge in [-0.05, 0) is 0 Å². The van der Waals surface area contributed by atoms with Crippen LogP contribution in [0.4, 0.5) is 5.69 Å². The number of rotatable bonds is 4. The summed E-state index contributed by atoms with van der Waals surface area (Å²) >= 11 is 0. The minimum Gasteiger partial charge on any atom is -0.477 e. The fraction of sp³-hybridized carbons (Fsp3) is 0. The first-order chi connectivity index (χ1) is 8.34. The van der Waals surface area contributed by atoms with Crippen molar-refractivity contribution in [1.29, 1.82) is 0 Å². The Balaban J connectivity index is 3.40. The van der Waals surface area contributed by atoms with E-state index in [0.717, 1.165) is 6.07 Å². The summed E-state index contributed by atoms with van der Waals surface area (Å²) in [5.74, 6) is -3.43. The van der Waals surface area contributed by atoms with Crippen molar-refractivity contribution in [3.05, 3.63) is 45.5 Å². The molecule has 0 aliphatic rings. The van der Waals surface area contributed by atoms with E-state index in [0.29, 0.717) is 0 Å². The maximum absolute atomic E-state index is 10.7. The van der Waals surface area contributed by atoms with Gasteiger partial charge in [0.25, 0.3) is 5.69 Å². The van der Waals surface area contributed by atoms with E-state index >= 15 is 0 Å². The Hall–Kier alpha value is -2.90. The standard InChI is InChI=1S/C10H8N2O6/c11-8(7(9(13)14)10(15)16)5-2-1-3-6(4-5)12(17)18/h1-4H,11H2,(H,13,14)(H,15,16). The number of nitrogens with two attached hydrogens (primary N) is 1. The zero-order valence-electron chi connectivity index (χ0n) is 8.86. The van der Waals surface area contributed by atoms with Crippen LogP contribution in [0.15, 0.2) is 29.8 Å². The Kier molecular flexibility index (Phi) is 3.62. The van der Waals surface area contributed by atoms with Gasteiger partial charge >= 0.3 is 11.9 Å². The summed E-state index contributed by atoms with van der Waals surface area (Å²) in [5, 5.41) is 27.9. The molecule has 94 valence electrons. The van der Waals surface area contributed by atoms with Crippen molar-refractivity contribution in [2.24, 2.45) is 5.73 Å². The Morgan fingerprint density at radius 1 is 1.22 bits per heavy atom. The predicted molar refractivity (Wildman–Crippen MR) is 59.5 cm³/mol. The van der Waals surface area contributed by atoms with E-state index in [1.54, 1.807) is 0 Å². The maximum Gasteiger partial charge on any atom is 0.345 e. The third kappa shape index (κ3) is 2.61. The summed E-state index contributed by atoms with van der Waals surface area (Å²) in [5.41, 5.74) is 3.48. The van der Waals surface area contributed by atoms with E-state index in [9.17, 15) is 19.7 Å². The largest absolute Gasteiger partial charge is 0.477 e. The Bertz CT molecular complexity index is 547. The lowest BCUT2D eigenvalue weighted by Crippen LogP contribution is -2.17. The average Bonchev–Trinajstić information content (AvgIpc) is 2.28. The van der Waals surface area contributed by atoms with Crippen LogP contribution < -0.4 is 5.73 Å². The Morgan fingerprint density at radius 2 is 1.78 bits per heavy atom. The highest BCUT2D eigenvalue weighted by Crippen LogP contribution is 2.19. The quantitative estimate of drug-likeness (QED) is 0.232. The van der Waals surface area contributed by atoms with Crippen LogP contribution in [0.3, 0.4) is 0 Å². The van der Waals surface area contributed by atoms with Gasteiger partial charge < -0.3 is 15.9 Å². The molecule has 8 nitrogen and oxygen atoms in total. The van der Waals surface area contributed by atoms with Gasteiger partial charge in [-0.25, -0.2) is 9.59 Å². The second kappa shape index (κ2) is 4.95. The predicted octanol–water partition coefficient (Wildman–Crippen LogP) is 0.434. The van der Waals surface area contributed by atoms with E-state index in [1.165, 1.54) is 18.2 Å². The number of hydrogen-bond donors (Lipinski definition) is 3. The van der Waals surface area contributed by atoms with Gasteiger partial charge in [-0.2, -0.15) is 0 Å². The third-order valence-corrected chi connectivity index (χ3v) is 2.07. The van der Waals surface area contributed by atoms with Crippen LogP contribution in [0.1, 0.15) is 5.56 Å². The topological polar surface area (TPSA) is 144 Å². The molecule has 0 fully saturated rings. The molecule has 1 rings (SSSR count). The number of carboxylic acid groups (broad SMARTS) is 2. The molecule has 0 aliphatic heterocycles. The number of non-ortho nitro benzene ring substituents is 1. The van der Waals surface area contributed by atoms with Gasteiger partial charge in [0.2, 0.25) is 0 Å². The van der Waals surface area contributed by atoms with E-state index < -0.39 is 28.1 Å². The molecule has 0 radical (unpaired) electrons. The molecule has 0 bridgehead atoms. The van der Waals surface area contributed by atoms with Crippen molar-refractivity contribution in [1.82, 2.24) is 0 Å². The molecular weight excluding hydrogens is 244 g/mol. The van der Waals surface area contributed by atoms with Crippen molar-refractivity contribution in [2.75, 3.05) is 0 Å². The number of aliphatic carboxylic acids is 2. The van der Waals surface area contributed by atoms with E-state index in [4.69, 9.17) is 15.9 Å². The minimum absolute atomic E-state index is 0.0380. The lowest BCUT2D eigenvalue weighted by atomic mass is 10.1. The van der Waals surface area contributed by atoms with Crippen molar-refractivity contribution < 1.29 is 24.7 Å². The first-order valence-corrected chi connectivity index (χ1v) is 4.55. The van der Waals surface area contributed by atoms with Crippen molar-refractivity contribution in [3.8, 4) is 0 Å². The zero-order valence-corrected chi connectivity index (χ0v) is 8.86. The van der Waals surface area contributed by atoms with E-state index in [-0.39, 0.29) is 11.3 Å². The summed E-state index contributed by atoms with van der Waals surface area (Å²) < 4.78 is 0. The molecule has 0 saturated heterocycles. The summed E-state index contributed by atoms with van der Waals surface area (Å²) in [6.07, 6.45) is 0. The monoisotopic (exact) mass is 252 g/mol. The molecule has 8 heteroatoms. The second-order valence-electron chi connectivity index (χ2n) is 3.21. The van der Waals surface area contributed by atoms with Crippen LogP contribution in [0.2, 0.25) is 0 Å². The van der Waals surface area contributed by atoms with Crippen LogP contribution in [0, 0.1) is 10.1 Å². The lowest BCUT2D eigenvalue weighted by Gasteiger charge is -2.04. The van der Waals surface area contributed by atoms with Gasteiger partial charge in [-0.15, -0.1) is 0 Å². The van der Waals surface area contributed by atoms with Gasteiger partial charge in [-0.1, -0.05) is 12.1 Å². The molecule has 4 N–H and O–H groups in total.